The Balaban J connectivity index is 1.89. The number of hydrogen-bond acceptors (Lipinski definition) is 4. The summed E-state index contributed by atoms with van der Waals surface area (Å²) in [5.41, 5.74) is -0.412. The normalized spacial score (nSPS) is 29.9. The van der Waals surface area contributed by atoms with Gasteiger partial charge in [0.25, 0.3) is 0 Å². The molecule has 6 nitrogen and oxygen atoms in total. The van der Waals surface area contributed by atoms with Gasteiger partial charge in [0.15, 0.2) is 0 Å². The third-order valence-electron chi connectivity index (χ3n) is 5.61. The predicted octanol–water partition coefficient (Wildman–Crippen LogP) is 2.97. The largest absolute Gasteiger partial charge is 0.493 e. The molecule has 1 aromatic rings. The molecular formula is C21H32BNO5. The summed E-state index contributed by atoms with van der Waals surface area (Å²) in [5, 5.41) is 20.4. The smallest absolute Gasteiger partial charge is 0.465 e. The first-order valence-corrected chi connectivity index (χ1v) is 9.85. The summed E-state index contributed by atoms with van der Waals surface area (Å²) in [5.74, 6) is 0. The molecule has 28 heavy (non-hydrogen) atoms. The Hall–Kier alpha value is -1.57. The number of aliphatic hydroxyl groups is 1. The van der Waals surface area contributed by atoms with Gasteiger partial charge in [0.05, 0.1) is 11.1 Å². The van der Waals surface area contributed by atoms with Crippen LogP contribution < -0.4 is 5.46 Å². The highest BCUT2D eigenvalue weighted by Gasteiger charge is 2.59. The van der Waals surface area contributed by atoms with Gasteiger partial charge in [-0.1, -0.05) is 38.1 Å². The van der Waals surface area contributed by atoms with E-state index >= 15 is 0 Å². The van der Waals surface area contributed by atoms with Crippen LogP contribution in [-0.4, -0.2) is 52.7 Å². The molecule has 1 aliphatic heterocycles. The monoisotopic (exact) mass is 389 g/mol. The van der Waals surface area contributed by atoms with Gasteiger partial charge in [-0.3, -0.25) is 4.90 Å². The zero-order valence-corrected chi connectivity index (χ0v) is 17.8. The van der Waals surface area contributed by atoms with Crippen molar-refractivity contribution in [1.29, 1.82) is 0 Å². The lowest BCUT2D eigenvalue weighted by Gasteiger charge is -2.60. The molecule has 2 N–H and O–H groups in total. The minimum Gasteiger partial charge on any atom is -0.465 e. The number of benzene rings is 1. The first kappa shape index (κ1) is 21.2. The SMILES string of the molecule is CC1(C)COB(c2ccc([C@]3(N(C(=O)O)C(C)(C)C)C[C@@](C)(O)C3)cc2)OC1. The topological polar surface area (TPSA) is 79.2 Å². The first-order chi connectivity index (χ1) is 12.8. The second-order valence-corrected chi connectivity index (χ2v) is 10.4. The molecule has 1 aromatic carbocycles. The van der Waals surface area contributed by atoms with Gasteiger partial charge in [-0.05, 0) is 38.7 Å². The van der Waals surface area contributed by atoms with Crippen LogP contribution in [0.3, 0.4) is 0 Å². The van der Waals surface area contributed by atoms with Crippen LogP contribution in [-0.2, 0) is 14.8 Å². The molecule has 1 saturated carbocycles. The van der Waals surface area contributed by atoms with Crippen molar-refractivity contribution >= 4 is 18.7 Å². The number of hydrogen-bond donors (Lipinski definition) is 2. The molecule has 0 atom stereocenters. The zero-order valence-electron chi connectivity index (χ0n) is 17.8. The maximum Gasteiger partial charge on any atom is 0.493 e. The lowest BCUT2D eigenvalue weighted by atomic mass is 9.60. The van der Waals surface area contributed by atoms with Crippen LogP contribution in [0.25, 0.3) is 0 Å². The number of amides is 1. The Morgan fingerprint density at radius 2 is 1.57 bits per heavy atom. The average molecular weight is 389 g/mol. The third kappa shape index (κ3) is 3.93. The molecule has 2 aliphatic rings. The van der Waals surface area contributed by atoms with E-state index < -0.39 is 29.9 Å². The van der Waals surface area contributed by atoms with Crippen LogP contribution in [0.5, 0.6) is 0 Å². The summed E-state index contributed by atoms with van der Waals surface area (Å²) in [7, 11) is -0.402. The standard InChI is InChI=1S/C21H32BNO5/c1-18(2,3)23(17(24)25)21(11-20(6,26)12-21)15-7-9-16(10-8-15)22-27-13-19(4,5)14-28-22/h7-10,26H,11-14H2,1-6H3,(H,24,25)/t20-,21+. The van der Waals surface area contributed by atoms with Gasteiger partial charge in [0, 0.05) is 37.0 Å². The highest BCUT2D eigenvalue weighted by atomic mass is 16.6. The van der Waals surface area contributed by atoms with E-state index in [2.05, 4.69) is 13.8 Å². The van der Waals surface area contributed by atoms with Crippen LogP contribution in [0, 0.1) is 5.41 Å². The Kier molecular flexibility index (Phi) is 5.10. The highest BCUT2D eigenvalue weighted by molar-refractivity contribution is 6.61. The minimum absolute atomic E-state index is 0.00666. The van der Waals surface area contributed by atoms with Gasteiger partial charge in [-0.15, -0.1) is 0 Å². The van der Waals surface area contributed by atoms with Crippen molar-refractivity contribution in [2.45, 2.75) is 71.1 Å². The molecule has 0 unspecified atom stereocenters. The van der Waals surface area contributed by atoms with Crippen molar-refractivity contribution in [3.63, 3.8) is 0 Å². The van der Waals surface area contributed by atoms with E-state index in [0.29, 0.717) is 26.1 Å². The number of rotatable bonds is 3. The van der Waals surface area contributed by atoms with Gasteiger partial charge in [0.2, 0.25) is 0 Å². The maximum atomic E-state index is 12.1. The average Bonchev–Trinajstić information content (AvgIpc) is 2.51. The van der Waals surface area contributed by atoms with E-state index in [1.807, 2.05) is 45.0 Å². The van der Waals surface area contributed by atoms with E-state index in [-0.39, 0.29) is 5.41 Å². The molecule has 0 spiro atoms. The first-order valence-electron chi connectivity index (χ1n) is 9.85. The molecule has 0 bridgehead atoms. The quantitative estimate of drug-likeness (QED) is 0.778. The Labute approximate surface area is 168 Å². The number of nitrogens with zero attached hydrogens (tertiary/aromatic N) is 1. The second-order valence-electron chi connectivity index (χ2n) is 10.4. The lowest BCUT2D eigenvalue weighted by Crippen LogP contribution is -2.67. The molecule has 0 aromatic heterocycles. The molecule has 1 aliphatic carbocycles. The number of carboxylic acid groups (broad SMARTS) is 1. The van der Waals surface area contributed by atoms with Gasteiger partial charge >= 0.3 is 13.2 Å². The Morgan fingerprint density at radius 3 is 1.96 bits per heavy atom. The van der Waals surface area contributed by atoms with Gasteiger partial charge < -0.3 is 19.5 Å². The highest BCUT2D eigenvalue weighted by Crippen LogP contribution is 2.54. The fraction of sp³-hybridized carbons (Fsp3) is 0.667. The van der Waals surface area contributed by atoms with Gasteiger partial charge in [-0.2, -0.15) is 0 Å². The van der Waals surface area contributed by atoms with Gasteiger partial charge in [-0.25, -0.2) is 4.79 Å². The van der Waals surface area contributed by atoms with Crippen molar-refractivity contribution in [3.8, 4) is 0 Å². The van der Waals surface area contributed by atoms with Crippen molar-refractivity contribution in [3.05, 3.63) is 29.8 Å². The van der Waals surface area contributed by atoms with Crippen LogP contribution in [0.1, 0.15) is 59.9 Å². The van der Waals surface area contributed by atoms with E-state index in [0.717, 1.165) is 11.0 Å². The van der Waals surface area contributed by atoms with Crippen molar-refractivity contribution in [1.82, 2.24) is 4.90 Å². The fourth-order valence-electron chi connectivity index (χ4n) is 4.65. The van der Waals surface area contributed by atoms with E-state index in [1.54, 1.807) is 6.92 Å². The molecule has 7 heteroatoms. The van der Waals surface area contributed by atoms with Crippen LogP contribution >= 0.6 is 0 Å². The van der Waals surface area contributed by atoms with E-state index in [1.165, 1.54) is 4.90 Å². The molecular weight excluding hydrogens is 357 g/mol. The zero-order chi connectivity index (χ0) is 21.0. The van der Waals surface area contributed by atoms with Crippen molar-refractivity contribution in [2.75, 3.05) is 13.2 Å². The second kappa shape index (κ2) is 6.75. The fourth-order valence-corrected chi connectivity index (χ4v) is 4.65. The van der Waals surface area contributed by atoms with Gasteiger partial charge in [0.1, 0.15) is 0 Å². The van der Waals surface area contributed by atoms with E-state index in [4.69, 9.17) is 9.31 Å². The number of carbonyl (C=O) groups is 1. The third-order valence-corrected chi connectivity index (χ3v) is 5.61. The summed E-state index contributed by atoms with van der Waals surface area (Å²) < 4.78 is 11.7. The molecule has 1 amide bonds. The Morgan fingerprint density at radius 1 is 1.07 bits per heavy atom. The van der Waals surface area contributed by atoms with Crippen LogP contribution in [0.15, 0.2) is 24.3 Å². The van der Waals surface area contributed by atoms with Crippen molar-refractivity contribution < 1.29 is 24.3 Å². The summed E-state index contributed by atoms with van der Waals surface area (Å²) in [6, 6.07) is 7.77. The summed E-state index contributed by atoms with van der Waals surface area (Å²) in [4.78, 5) is 13.6. The van der Waals surface area contributed by atoms with E-state index in [9.17, 15) is 15.0 Å². The molecule has 1 heterocycles. The predicted molar refractivity (Wildman–Crippen MR) is 109 cm³/mol. The lowest BCUT2D eigenvalue weighted by molar-refractivity contribution is -0.152. The van der Waals surface area contributed by atoms with Crippen LogP contribution in [0.2, 0.25) is 0 Å². The molecule has 3 rings (SSSR count). The molecule has 2 fully saturated rings. The maximum absolute atomic E-state index is 12.1. The Bertz CT molecular complexity index is 720. The summed E-state index contributed by atoms with van der Waals surface area (Å²) in [6.07, 6.45) is -0.241. The van der Waals surface area contributed by atoms with Crippen LogP contribution in [0.4, 0.5) is 4.79 Å². The van der Waals surface area contributed by atoms with Crippen molar-refractivity contribution in [2.24, 2.45) is 5.41 Å². The summed E-state index contributed by atoms with van der Waals surface area (Å²) in [6.45, 7) is 12.9. The molecule has 1 saturated heterocycles. The molecule has 0 radical (unpaired) electrons. The molecule has 154 valence electrons. The minimum atomic E-state index is -0.978. The summed E-state index contributed by atoms with van der Waals surface area (Å²) >= 11 is 0.